The molecule has 1 aromatic rings. The molecular weight excluding hydrogens is 331 g/mol. The SMILES string of the molecule is C=C(/C(=C/c1ccccc1)CCCCC)C(C)I. The zero-order valence-electron chi connectivity index (χ0n) is 11.5. The zero-order chi connectivity index (χ0) is 13.4. The number of unbranched alkanes of at least 4 members (excludes halogenated alkanes) is 2. The Hall–Kier alpha value is -0.570. The Morgan fingerprint density at radius 3 is 2.50 bits per heavy atom. The Morgan fingerprint density at radius 1 is 1.28 bits per heavy atom. The lowest BCUT2D eigenvalue weighted by atomic mass is 9.97. The Balaban J connectivity index is 2.83. The average molecular weight is 354 g/mol. The number of rotatable bonds is 7. The lowest BCUT2D eigenvalue weighted by molar-refractivity contribution is 0.716. The van der Waals surface area contributed by atoms with Crippen molar-refractivity contribution in [3.05, 3.63) is 53.6 Å². The van der Waals surface area contributed by atoms with Crippen LogP contribution in [0.3, 0.4) is 0 Å². The Kier molecular flexibility index (Phi) is 7.33. The van der Waals surface area contributed by atoms with Crippen molar-refractivity contribution in [2.75, 3.05) is 0 Å². The van der Waals surface area contributed by atoms with Crippen LogP contribution >= 0.6 is 22.6 Å². The molecule has 0 N–H and O–H groups in total. The molecule has 0 fully saturated rings. The summed E-state index contributed by atoms with van der Waals surface area (Å²) in [5, 5.41) is 0. The molecule has 0 radical (unpaired) electrons. The highest BCUT2D eigenvalue weighted by Gasteiger charge is 2.08. The summed E-state index contributed by atoms with van der Waals surface area (Å²) in [6.07, 6.45) is 7.28. The van der Waals surface area contributed by atoms with E-state index in [0.717, 1.165) is 6.42 Å². The summed E-state index contributed by atoms with van der Waals surface area (Å²) in [7, 11) is 0. The first-order chi connectivity index (χ1) is 8.65. The van der Waals surface area contributed by atoms with Crippen LogP contribution in [0, 0.1) is 0 Å². The number of benzene rings is 1. The maximum absolute atomic E-state index is 4.25. The molecule has 1 unspecified atom stereocenters. The van der Waals surface area contributed by atoms with Crippen molar-refractivity contribution < 1.29 is 0 Å². The second-order valence-corrected chi connectivity index (χ2v) is 6.55. The van der Waals surface area contributed by atoms with Crippen LogP contribution in [-0.2, 0) is 0 Å². The minimum Gasteiger partial charge on any atom is -0.0945 e. The van der Waals surface area contributed by atoms with E-state index in [1.165, 1.54) is 36.0 Å². The van der Waals surface area contributed by atoms with Crippen molar-refractivity contribution in [2.45, 2.75) is 43.5 Å². The highest BCUT2D eigenvalue weighted by molar-refractivity contribution is 14.1. The van der Waals surface area contributed by atoms with Crippen LogP contribution in [0.1, 0.15) is 45.1 Å². The molecule has 0 bridgehead atoms. The van der Waals surface area contributed by atoms with E-state index >= 15 is 0 Å². The molecule has 98 valence electrons. The standard InChI is InChI=1S/C17H23I/c1-4-5-7-12-17(14(2)15(3)18)13-16-10-8-6-9-11-16/h6,8-11,13,15H,2,4-5,7,12H2,1,3H3/b17-13+. The lowest BCUT2D eigenvalue weighted by Gasteiger charge is -2.13. The molecule has 0 heterocycles. The second-order valence-electron chi connectivity index (χ2n) is 4.68. The van der Waals surface area contributed by atoms with Crippen LogP contribution in [0.25, 0.3) is 6.08 Å². The maximum atomic E-state index is 4.25. The van der Waals surface area contributed by atoms with E-state index in [4.69, 9.17) is 0 Å². The molecule has 0 aromatic heterocycles. The molecule has 1 atom stereocenters. The van der Waals surface area contributed by atoms with E-state index in [-0.39, 0.29) is 0 Å². The fourth-order valence-corrected chi connectivity index (χ4v) is 2.30. The van der Waals surface area contributed by atoms with Gasteiger partial charge >= 0.3 is 0 Å². The Bertz CT molecular complexity index is 387. The normalized spacial score (nSPS) is 13.4. The summed E-state index contributed by atoms with van der Waals surface area (Å²) < 4.78 is 0.499. The first kappa shape index (κ1) is 15.5. The molecule has 0 spiro atoms. The van der Waals surface area contributed by atoms with E-state index in [0.29, 0.717) is 3.92 Å². The molecular formula is C17H23I. The van der Waals surface area contributed by atoms with Crippen molar-refractivity contribution in [1.82, 2.24) is 0 Å². The van der Waals surface area contributed by atoms with Crippen LogP contribution in [0.5, 0.6) is 0 Å². The van der Waals surface area contributed by atoms with Gasteiger partial charge < -0.3 is 0 Å². The summed E-state index contributed by atoms with van der Waals surface area (Å²) in [6, 6.07) is 10.6. The zero-order valence-corrected chi connectivity index (χ0v) is 13.6. The highest BCUT2D eigenvalue weighted by atomic mass is 127. The van der Waals surface area contributed by atoms with Gasteiger partial charge in [0.05, 0.1) is 0 Å². The van der Waals surface area contributed by atoms with Gasteiger partial charge in [0.15, 0.2) is 0 Å². The van der Waals surface area contributed by atoms with E-state index in [2.05, 4.69) is 79.4 Å². The van der Waals surface area contributed by atoms with E-state index < -0.39 is 0 Å². The third kappa shape index (κ3) is 5.38. The molecule has 0 nitrogen and oxygen atoms in total. The molecule has 1 heteroatoms. The second kappa shape index (κ2) is 8.52. The van der Waals surface area contributed by atoms with Crippen LogP contribution in [0.15, 0.2) is 48.1 Å². The van der Waals surface area contributed by atoms with Crippen LogP contribution in [0.4, 0.5) is 0 Å². The fraction of sp³-hybridized carbons (Fsp3) is 0.412. The van der Waals surface area contributed by atoms with Crippen molar-refractivity contribution in [2.24, 2.45) is 0 Å². The molecule has 0 saturated heterocycles. The summed E-state index contributed by atoms with van der Waals surface area (Å²) in [4.78, 5) is 0. The van der Waals surface area contributed by atoms with Gasteiger partial charge in [0, 0.05) is 3.92 Å². The molecule has 0 amide bonds. The summed E-state index contributed by atoms with van der Waals surface area (Å²) >= 11 is 2.45. The Morgan fingerprint density at radius 2 is 1.94 bits per heavy atom. The van der Waals surface area contributed by atoms with Gasteiger partial charge in [-0.25, -0.2) is 0 Å². The van der Waals surface area contributed by atoms with Gasteiger partial charge in [-0.15, -0.1) is 0 Å². The molecule has 18 heavy (non-hydrogen) atoms. The third-order valence-electron chi connectivity index (χ3n) is 3.08. The largest absolute Gasteiger partial charge is 0.0945 e. The van der Waals surface area contributed by atoms with E-state index in [1.807, 2.05) is 0 Å². The molecule has 0 saturated carbocycles. The van der Waals surface area contributed by atoms with Crippen molar-refractivity contribution in [1.29, 1.82) is 0 Å². The Labute approximate surface area is 125 Å². The van der Waals surface area contributed by atoms with Crippen molar-refractivity contribution in [3.63, 3.8) is 0 Å². The molecule has 0 aliphatic rings. The molecule has 1 aromatic carbocycles. The van der Waals surface area contributed by atoms with Gasteiger partial charge in [0.1, 0.15) is 0 Å². The van der Waals surface area contributed by atoms with E-state index in [9.17, 15) is 0 Å². The van der Waals surface area contributed by atoms with Gasteiger partial charge in [-0.1, -0.05) is 85.3 Å². The van der Waals surface area contributed by atoms with Gasteiger partial charge in [-0.2, -0.15) is 0 Å². The average Bonchev–Trinajstić information content (AvgIpc) is 2.38. The quantitative estimate of drug-likeness (QED) is 0.243. The fourth-order valence-electron chi connectivity index (χ4n) is 1.90. The first-order valence-electron chi connectivity index (χ1n) is 6.74. The highest BCUT2D eigenvalue weighted by Crippen LogP contribution is 2.25. The van der Waals surface area contributed by atoms with E-state index in [1.54, 1.807) is 0 Å². The van der Waals surface area contributed by atoms with Crippen molar-refractivity contribution in [3.8, 4) is 0 Å². The van der Waals surface area contributed by atoms with Gasteiger partial charge in [-0.3, -0.25) is 0 Å². The van der Waals surface area contributed by atoms with Crippen molar-refractivity contribution >= 4 is 28.7 Å². The molecule has 1 rings (SSSR count). The van der Waals surface area contributed by atoms with Gasteiger partial charge in [-0.05, 0) is 36.5 Å². The summed E-state index contributed by atoms with van der Waals surface area (Å²) in [6.45, 7) is 8.71. The van der Waals surface area contributed by atoms with Gasteiger partial charge in [0.25, 0.3) is 0 Å². The van der Waals surface area contributed by atoms with Crippen LogP contribution in [0.2, 0.25) is 0 Å². The number of allylic oxidation sites excluding steroid dienone is 2. The molecule has 0 aliphatic carbocycles. The van der Waals surface area contributed by atoms with Crippen LogP contribution in [-0.4, -0.2) is 3.92 Å². The molecule has 0 aliphatic heterocycles. The first-order valence-corrected chi connectivity index (χ1v) is 7.98. The lowest BCUT2D eigenvalue weighted by Crippen LogP contribution is -1.99. The number of hydrogen-bond donors (Lipinski definition) is 0. The van der Waals surface area contributed by atoms with Crippen LogP contribution < -0.4 is 0 Å². The third-order valence-corrected chi connectivity index (χ3v) is 3.83. The minimum atomic E-state index is 0.499. The summed E-state index contributed by atoms with van der Waals surface area (Å²) in [5.74, 6) is 0. The number of hydrogen-bond acceptors (Lipinski definition) is 0. The predicted octanol–water partition coefficient (Wildman–Crippen LogP) is 6.03. The summed E-state index contributed by atoms with van der Waals surface area (Å²) in [5.41, 5.74) is 3.97. The maximum Gasteiger partial charge on any atom is 0.0328 e. The number of halogens is 1. The smallest absolute Gasteiger partial charge is 0.0328 e. The number of alkyl halides is 1. The predicted molar refractivity (Wildman–Crippen MR) is 91.2 cm³/mol. The topological polar surface area (TPSA) is 0 Å². The minimum absolute atomic E-state index is 0.499. The van der Waals surface area contributed by atoms with Gasteiger partial charge in [0.2, 0.25) is 0 Å². The monoisotopic (exact) mass is 354 g/mol.